The highest BCUT2D eigenvalue weighted by Crippen LogP contribution is 2.13. The molecule has 0 saturated heterocycles. The van der Waals surface area contributed by atoms with Crippen molar-refractivity contribution in [3.8, 4) is 17.6 Å². The summed E-state index contributed by atoms with van der Waals surface area (Å²) in [4.78, 5) is 0. The van der Waals surface area contributed by atoms with Crippen LogP contribution in [0.15, 0.2) is 60.7 Å². The Bertz CT molecular complexity index is 737. The van der Waals surface area contributed by atoms with E-state index >= 15 is 0 Å². The maximum Gasteiger partial charge on any atom is 0.119 e. The van der Waals surface area contributed by atoms with Crippen LogP contribution in [0.1, 0.15) is 43.4 Å². The van der Waals surface area contributed by atoms with Gasteiger partial charge in [0.05, 0.1) is 6.61 Å². The van der Waals surface area contributed by atoms with Gasteiger partial charge in [-0.15, -0.1) is 0 Å². The molecule has 2 aromatic carbocycles. The van der Waals surface area contributed by atoms with Gasteiger partial charge in [0.2, 0.25) is 0 Å². The molecule has 0 heterocycles. The standard InChI is InChI=1S/C24H26O/c1-3-9-21-12-14-22(15-13-21)10-7-5-6-8-11-23-16-18-24(19-17-23)25-20-4-2/h7-8,10-19H,3-4,9,20H2,1-2H3. The van der Waals surface area contributed by atoms with Gasteiger partial charge in [0.25, 0.3) is 0 Å². The maximum atomic E-state index is 5.57. The second-order valence-corrected chi connectivity index (χ2v) is 5.86. The van der Waals surface area contributed by atoms with E-state index in [-0.39, 0.29) is 0 Å². The van der Waals surface area contributed by atoms with Crippen molar-refractivity contribution < 1.29 is 4.74 Å². The molecular weight excluding hydrogens is 304 g/mol. The highest BCUT2D eigenvalue weighted by molar-refractivity contribution is 5.56. The molecule has 0 fully saturated rings. The molecule has 0 atom stereocenters. The second-order valence-electron chi connectivity index (χ2n) is 5.86. The summed E-state index contributed by atoms with van der Waals surface area (Å²) in [5.41, 5.74) is 3.69. The lowest BCUT2D eigenvalue weighted by Gasteiger charge is -2.03. The molecule has 1 nitrogen and oxygen atoms in total. The van der Waals surface area contributed by atoms with Crippen molar-refractivity contribution in [3.63, 3.8) is 0 Å². The molecule has 2 rings (SSSR count). The van der Waals surface area contributed by atoms with Crippen molar-refractivity contribution in [2.75, 3.05) is 6.61 Å². The predicted octanol–water partition coefficient (Wildman–Crippen LogP) is 6.16. The van der Waals surface area contributed by atoms with E-state index in [9.17, 15) is 0 Å². The topological polar surface area (TPSA) is 9.23 Å². The quantitative estimate of drug-likeness (QED) is 0.553. The van der Waals surface area contributed by atoms with Crippen LogP contribution in [0.25, 0.3) is 12.2 Å². The first kappa shape index (κ1) is 18.6. The third-order valence-electron chi connectivity index (χ3n) is 3.67. The van der Waals surface area contributed by atoms with E-state index in [2.05, 4.69) is 50.0 Å². The third kappa shape index (κ3) is 7.14. The molecule has 128 valence electrons. The SMILES string of the molecule is CCCOc1ccc(C=CC#CC=Cc2ccc(CCC)cc2)cc1. The van der Waals surface area contributed by atoms with Gasteiger partial charge >= 0.3 is 0 Å². The molecule has 25 heavy (non-hydrogen) atoms. The highest BCUT2D eigenvalue weighted by Gasteiger charge is 1.92. The Hall–Kier alpha value is -2.72. The fraction of sp³-hybridized carbons (Fsp3) is 0.250. The summed E-state index contributed by atoms with van der Waals surface area (Å²) in [7, 11) is 0. The van der Waals surface area contributed by atoms with Crippen LogP contribution < -0.4 is 4.74 Å². The van der Waals surface area contributed by atoms with Crippen molar-refractivity contribution in [2.24, 2.45) is 0 Å². The molecule has 0 N–H and O–H groups in total. The monoisotopic (exact) mass is 330 g/mol. The molecule has 2 aromatic rings. The second kappa shape index (κ2) is 10.9. The molecule has 0 unspecified atom stereocenters. The predicted molar refractivity (Wildman–Crippen MR) is 109 cm³/mol. The summed E-state index contributed by atoms with van der Waals surface area (Å²) in [6.45, 7) is 5.06. The van der Waals surface area contributed by atoms with Crippen molar-refractivity contribution in [1.82, 2.24) is 0 Å². The minimum atomic E-state index is 0.758. The van der Waals surface area contributed by atoms with E-state index in [1.807, 2.05) is 48.6 Å². The molecule has 0 saturated carbocycles. The van der Waals surface area contributed by atoms with Crippen molar-refractivity contribution in [1.29, 1.82) is 0 Å². The first-order valence-corrected chi connectivity index (χ1v) is 8.97. The fourth-order valence-electron chi connectivity index (χ4n) is 2.35. The van der Waals surface area contributed by atoms with Crippen molar-refractivity contribution >= 4 is 12.2 Å². The van der Waals surface area contributed by atoms with Gasteiger partial charge in [-0.1, -0.05) is 68.5 Å². The van der Waals surface area contributed by atoms with Gasteiger partial charge in [0.1, 0.15) is 5.75 Å². The van der Waals surface area contributed by atoms with Crippen LogP contribution in [0.5, 0.6) is 5.75 Å². The Morgan fingerprint density at radius 1 is 0.760 bits per heavy atom. The third-order valence-corrected chi connectivity index (χ3v) is 3.67. The molecule has 0 spiro atoms. The zero-order chi connectivity index (χ0) is 17.7. The number of benzene rings is 2. The summed E-state index contributed by atoms with van der Waals surface area (Å²) in [6, 6.07) is 16.7. The highest BCUT2D eigenvalue weighted by atomic mass is 16.5. The van der Waals surface area contributed by atoms with E-state index in [0.717, 1.165) is 30.8 Å². The number of hydrogen-bond donors (Lipinski definition) is 0. The number of allylic oxidation sites excluding steroid dienone is 2. The molecule has 1 heteroatoms. The number of ether oxygens (including phenoxy) is 1. The lowest BCUT2D eigenvalue weighted by molar-refractivity contribution is 0.317. The summed E-state index contributed by atoms with van der Waals surface area (Å²) in [5.74, 6) is 6.99. The van der Waals surface area contributed by atoms with Crippen LogP contribution in [0.2, 0.25) is 0 Å². The Balaban J connectivity index is 1.83. The lowest BCUT2D eigenvalue weighted by Crippen LogP contribution is -1.94. The normalized spacial score (nSPS) is 10.8. The molecule has 0 aliphatic heterocycles. The Morgan fingerprint density at radius 3 is 1.84 bits per heavy atom. The van der Waals surface area contributed by atoms with Crippen LogP contribution in [0.4, 0.5) is 0 Å². The molecule has 0 bridgehead atoms. The first-order valence-electron chi connectivity index (χ1n) is 8.97. The summed E-state index contributed by atoms with van der Waals surface area (Å²) in [6.07, 6.45) is 11.1. The summed E-state index contributed by atoms with van der Waals surface area (Å²) in [5, 5.41) is 0. The smallest absolute Gasteiger partial charge is 0.119 e. The molecule has 0 aliphatic carbocycles. The van der Waals surface area contributed by atoms with E-state index in [1.165, 1.54) is 17.5 Å². The number of rotatable bonds is 7. The van der Waals surface area contributed by atoms with Gasteiger partial charge in [-0.2, -0.15) is 0 Å². The van der Waals surface area contributed by atoms with Gasteiger partial charge < -0.3 is 4.74 Å². The minimum Gasteiger partial charge on any atom is -0.494 e. The van der Waals surface area contributed by atoms with Crippen molar-refractivity contribution in [3.05, 3.63) is 77.4 Å². The van der Waals surface area contributed by atoms with Crippen molar-refractivity contribution in [2.45, 2.75) is 33.1 Å². The fourth-order valence-corrected chi connectivity index (χ4v) is 2.35. The van der Waals surface area contributed by atoms with E-state index in [1.54, 1.807) is 0 Å². The van der Waals surface area contributed by atoms with Crippen LogP contribution in [0.3, 0.4) is 0 Å². The largest absolute Gasteiger partial charge is 0.494 e. The van der Waals surface area contributed by atoms with E-state index < -0.39 is 0 Å². The van der Waals surface area contributed by atoms with Gasteiger partial charge in [0.15, 0.2) is 0 Å². The van der Waals surface area contributed by atoms with Crippen LogP contribution in [0, 0.1) is 11.8 Å². The molecule has 0 amide bonds. The maximum absolute atomic E-state index is 5.57. The zero-order valence-corrected chi connectivity index (χ0v) is 15.2. The van der Waals surface area contributed by atoms with Gasteiger partial charge in [-0.05, 0) is 66.0 Å². The molecule has 0 aromatic heterocycles. The van der Waals surface area contributed by atoms with Crippen LogP contribution in [-0.4, -0.2) is 6.61 Å². The summed E-state index contributed by atoms with van der Waals surface area (Å²) >= 11 is 0. The van der Waals surface area contributed by atoms with E-state index in [0.29, 0.717) is 0 Å². The molecule has 0 aliphatic rings. The van der Waals surface area contributed by atoms with Crippen LogP contribution in [-0.2, 0) is 6.42 Å². The van der Waals surface area contributed by atoms with Gasteiger partial charge in [0, 0.05) is 0 Å². The molecular formula is C24H26O. The van der Waals surface area contributed by atoms with Crippen LogP contribution >= 0.6 is 0 Å². The zero-order valence-electron chi connectivity index (χ0n) is 15.2. The first-order chi connectivity index (χ1) is 12.3. The molecule has 0 radical (unpaired) electrons. The Labute approximate surface area is 152 Å². The average Bonchev–Trinajstić information content (AvgIpc) is 2.65. The summed E-state index contributed by atoms with van der Waals surface area (Å²) < 4.78 is 5.57. The van der Waals surface area contributed by atoms with E-state index in [4.69, 9.17) is 4.74 Å². The minimum absolute atomic E-state index is 0.758. The number of hydrogen-bond acceptors (Lipinski definition) is 1. The lowest BCUT2D eigenvalue weighted by atomic mass is 10.1. The average molecular weight is 330 g/mol. The van der Waals surface area contributed by atoms with Gasteiger partial charge in [-0.25, -0.2) is 0 Å². The Kier molecular flexibility index (Phi) is 8.15. The Morgan fingerprint density at radius 2 is 1.32 bits per heavy atom. The number of aryl methyl sites for hydroxylation is 1. The van der Waals surface area contributed by atoms with Gasteiger partial charge in [-0.3, -0.25) is 0 Å².